The summed E-state index contributed by atoms with van der Waals surface area (Å²) in [6.07, 6.45) is 6.48. The van der Waals surface area contributed by atoms with Gasteiger partial charge in [0.05, 0.1) is 13.7 Å². The van der Waals surface area contributed by atoms with Crippen molar-refractivity contribution in [3.05, 3.63) is 23.8 Å². The van der Waals surface area contributed by atoms with Gasteiger partial charge in [0.2, 0.25) is 0 Å². The lowest BCUT2D eigenvalue weighted by Gasteiger charge is -2.13. The van der Waals surface area contributed by atoms with Crippen molar-refractivity contribution in [2.45, 2.75) is 45.1 Å². The normalized spacial score (nSPS) is 13.7. The molecule has 0 radical (unpaired) electrons. The van der Waals surface area contributed by atoms with Crippen LogP contribution >= 0.6 is 0 Å². The summed E-state index contributed by atoms with van der Waals surface area (Å²) in [7, 11) is 1.68. The van der Waals surface area contributed by atoms with E-state index in [-0.39, 0.29) is 0 Å². The third-order valence-corrected chi connectivity index (χ3v) is 3.87. The van der Waals surface area contributed by atoms with Gasteiger partial charge in [-0.1, -0.05) is 18.9 Å². The number of hydrogen-bond donors (Lipinski definition) is 3. The van der Waals surface area contributed by atoms with Crippen LogP contribution in [0.1, 0.15) is 37.7 Å². The average molecular weight is 353 g/mol. The summed E-state index contributed by atoms with van der Waals surface area (Å²) in [5.74, 6) is -1.98. The Balaban J connectivity index is 0.000000450. The second-order valence-corrected chi connectivity index (χ2v) is 5.90. The van der Waals surface area contributed by atoms with Crippen molar-refractivity contribution >= 4 is 11.9 Å². The lowest BCUT2D eigenvalue weighted by Crippen LogP contribution is -2.27. The predicted octanol–water partition coefficient (Wildman–Crippen LogP) is 2.46. The number of carboxylic acids is 2. The molecular formula is C18H27NO6. The lowest BCUT2D eigenvalue weighted by molar-refractivity contribution is -0.159. The Labute approximate surface area is 147 Å². The quantitative estimate of drug-likeness (QED) is 0.511. The molecule has 0 unspecified atom stereocenters. The number of aliphatic carboxylic acids is 2. The molecule has 0 amide bonds. The minimum absolute atomic E-state index is 0.735. The van der Waals surface area contributed by atoms with Crippen molar-refractivity contribution in [2.75, 3.05) is 20.3 Å². The molecule has 0 saturated heterocycles. The summed E-state index contributed by atoms with van der Waals surface area (Å²) in [6, 6.07) is 6.79. The minimum Gasteiger partial charge on any atom is -0.493 e. The standard InChI is InChI=1S/C16H25NO2.C2H2O4/c1-13-8-9-15(16(12-13)18-2)19-11-5-10-17-14-6-3-4-7-14;3-1(4)2(5)6/h8-9,12,14,17H,3-7,10-11H2,1-2H3;(H,3,4)(H,5,6). The van der Waals surface area contributed by atoms with Gasteiger partial charge in [-0.25, -0.2) is 9.59 Å². The number of benzene rings is 1. The fourth-order valence-electron chi connectivity index (χ4n) is 2.58. The third kappa shape index (κ3) is 8.39. The van der Waals surface area contributed by atoms with Gasteiger partial charge in [0.1, 0.15) is 0 Å². The van der Waals surface area contributed by atoms with E-state index in [0.29, 0.717) is 0 Å². The molecule has 3 N–H and O–H groups in total. The van der Waals surface area contributed by atoms with Gasteiger partial charge in [-0.15, -0.1) is 0 Å². The Morgan fingerprint density at radius 1 is 1.16 bits per heavy atom. The third-order valence-electron chi connectivity index (χ3n) is 3.87. The molecule has 0 aliphatic heterocycles. The van der Waals surface area contributed by atoms with Gasteiger partial charge in [-0.2, -0.15) is 0 Å². The zero-order valence-corrected chi connectivity index (χ0v) is 14.8. The molecule has 7 nitrogen and oxygen atoms in total. The van der Waals surface area contributed by atoms with Crippen LogP contribution in [0.15, 0.2) is 18.2 Å². The average Bonchev–Trinajstić information content (AvgIpc) is 3.09. The van der Waals surface area contributed by atoms with Gasteiger partial charge in [0.15, 0.2) is 11.5 Å². The number of hydrogen-bond acceptors (Lipinski definition) is 5. The van der Waals surface area contributed by atoms with Crippen molar-refractivity contribution in [3.63, 3.8) is 0 Å². The van der Waals surface area contributed by atoms with Crippen LogP contribution in [0.2, 0.25) is 0 Å². The fourth-order valence-corrected chi connectivity index (χ4v) is 2.58. The fraction of sp³-hybridized carbons (Fsp3) is 0.556. The van der Waals surface area contributed by atoms with E-state index in [2.05, 4.69) is 18.3 Å². The van der Waals surface area contributed by atoms with Crippen molar-refractivity contribution in [2.24, 2.45) is 0 Å². The molecule has 1 aliphatic rings. The molecule has 0 heterocycles. The highest BCUT2D eigenvalue weighted by Crippen LogP contribution is 2.27. The highest BCUT2D eigenvalue weighted by Gasteiger charge is 2.13. The maximum atomic E-state index is 9.10. The number of nitrogens with one attached hydrogen (secondary N) is 1. The van der Waals surface area contributed by atoms with Gasteiger partial charge in [0, 0.05) is 6.04 Å². The van der Waals surface area contributed by atoms with E-state index in [9.17, 15) is 0 Å². The molecule has 0 bridgehead atoms. The lowest BCUT2D eigenvalue weighted by atomic mass is 10.2. The van der Waals surface area contributed by atoms with Gasteiger partial charge in [-0.3, -0.25) is 0 Å². The van der Waals surface area contributed by atoms with Crippen molar-refractivity contribution in [3.8, 4) is 11.5 Å². The molecule has 0 aromatic heterocycles. The number of carbonyl (C=O) groups is 2. The van der Waals surface area contributed by atoms with Crippen molar-refractivity contribution < 1.29 is 29.3 Å². The number of aryl methyl sites for hydroxylation is 1. The molecule has 1 saturated carbocycles. The van der Waals surface area contributed by atoms with Crippen molar-refractivity contribution in [1.29, 1.82) is 0 Å². The van der Waals surface area contributed by atoms with Crippen LogP contribution in [0.25, 0.3) is 0 Å². The molecule has 0 spiro atoms. The molecule has 1 fully saturated rings. The van der Waals surface area contributed by atoms with Crippen LogP contribution < -0.4 is 14.8 Å². The Morgan fingerprint density at radius 3 is 2.36 bits per heavy atom. The summed E-state index contributed by atoms with van der Waals surface area (Å²) in [4.78, 5) is 18.2. The van der Waals surface area contributed by atoms with E-state index in [1.54, 1.807) is 7.11 Å². The van der Waals surface area contributed by atoms with Crippen molar-refractivity contribution in [1.82, 2.24) is 5.32 Å². The van der Waals surface area contributed by atoms with Crippen LogP contribution in [-0.4, -0.2) is 48.5 Å². The maximum absolute atomic E-state index is 9.10. The molecular weight excluding hydrogens is 326 g/mol. The Bertz CT molecular complexity index is 542. The van der Waals surface area contributed by atoms with Crippen LogP contribution in [0.4, 0.5) is 0 Å². The molecule has 1 aliphatic carbocycles. The molecule has 0 atom stereocenters. The summed E-state index contributed by atoms with van der Waals surface area (Å²) in [6.45, 7) is 3.83. The summed E-state index contributed by atoms with van der Waals surface area (Å²) < 4.78 is 11.1. The number of ether oxygens (including phenoxy) is 2. The smallest absolute Gasteiger partial charge is 0.414 e. The molecule has 140 valence electrons. The molecule has 1 aromatic carbocycles. The van der Waals surface area contributed by atoms with E-state index in [4.69, 9.17) is 29.3 Å². The van der Waals surface area contributed by atoms with E-state index in [1.807, 2.05) is 12.1 Å². The van der Waals surface area contributed by atoms with Gasteiger partial charge in [0.25, 0.3) is 0 Å². The van der Waals surface area contributed by atoms with E-state index < -0.39 is 11.9 Å². The first kappa shape index (κ1) is 20.8. The second-order valence-electron chi connectivity index (χ2n) is 5.90. The Kier molecular flexibility index (Phi) is 9.39. The summed E-state index contributed by atoms with van der Waals surface area (Å²) in [5.41, 5.74) is 1.19. The Hall–Kier alpha value is -2.28. The summed E-state index contributed by atoms with van der Waals surface area (Å²) >= 11 is 0. The first-order valence-corrected chi connectivity index (χ1v) is 8.41. The van der Waals surface area contributed by atoms with E-state index in [1.165, 1.54) is 31.2 Å². The highest BCUT2D eigenvalue weighted by atomic mass is 16.5. The number of rotatable bonds is 7. The minimum atomic E-state index is -1.82. The van der Waals surface area contributed by atoms with Gasteiger partial charge in [-0.05, 0) is 50.4 Å². The topological polar surface area (TPSA) is 105 Å². The molecule has 7 heteroatoms. The molecule has 2 rings (SSSR count). The molecule has 25 heavy (non-hydrogen) atoms. The van der Waals surface area contributed by atoms with Gasteiger partial charge >= 0.3 is 11.9 Å². The Morgan fingerprint density at radius 2 is 1.80 bits per heavy atom. The number of methoxy groups -OCH3 is 1. The monoisotopic (exact) mass is 353 g/mol. The number of carboxylic acid groups (broad SMARTS) is 2. The highest BCUT2D eigenvalue weighted by molar-refractivity contribution is 6.27. The SMILES string of the molecule is COc1cc(C)ccc1OCCCNC1CCCC1.O=C(O)C(=O)O. The van der Waals surface area contributed by atoms with Crippen LogP contribution in [0.3, 0.4) is 0 Å². The first-order valence-electron chi connectivity index (χ1n) is 8.41. The zero-order valence-electron chi connectivity index (χ0n) is 14.8. The summed E-state index contributed by atoms with van der Waals surface area (Å²) in [5, 5.41) is 18.4. The van der Waals surface area contributed by atoms with Crippen LogP contribution in [0.5, 0.6) is 11.5 Å². The first-order chi connectivity index (χ1) is 11.9. The predicted molar refractivity (Wildman–Crippen MR) is 93.4 cm³/mol. The zero-order chi connectivity index (χ0) is 18.7. The van der Waals surface area contributed by atoms with E-state index >= 15 is 0 Å². The van der Waals surface area contributed by atoms with E-state index in [0.717, 1.165) is 37.1 Å². The van der Waals surface area contributed by atoms with Crippen LogP contribution in [0, 0.1) is 6.92 Å². The van der Waals surface area contributed by atoms with Crippen LogP contribution in [-0.2, 0) is 9.59 Å². The maximum Gasteiger partial charge on any atom is 0.414 e. The second kappa shape index (κ2) is 11.3. The van der Waals surface area contributed by atoms with Gasteiger partial charge < -0.3 is 25.0 Å². The molecule has 1 aromatic rings. The largest absolute Gasteiger partial charge is 0.493 e.